The molecule has 1 aliphatic rings. The number of ether oxygens (including phenoxy) is 1. The van der Waals surface area contributed by atoms with Crippen LogP contribution in [0.2, 0.25) is 0 Å². The van der Waals surface area contributed by atoms with Crippen LogP contribution >= 0.6 is 0 Å². The summed E-state index contributed by atoms with van der Waals surface area (Å²) in [7, 11) is 0. The Morgan fingerprint density at radius 2 is 1.55 bits per heavy atom. The minimum absolute atomic E-state index is 0.188. The SMILES string of the molecule is Cc1ccc(C2=CC(C(F)(F)F)=Cc3ccccc3O2)cc1. The molecule has 0 aromatic heterocycles. The van der Waals surface area contributed by atoms with E-state index in [1.54, 1.807) is 36.4 Å². The van der Waals surface area contributed by atoms with Crippen LogP contribution in [-0.2, 0) is 0 Å². The van der Waals surface area contributed by atoms with Crippen LogP contribution in [-0.4, -0.2) is 6.18 Å². The van der Waals surface area contributed by atoms with E-state index in [9.17, 15) is 13.2 Å². The second kappa shape index (κ2) is 5.37. The van der Waals surface area contributed by atoms with Crippen molar-refractivity contribution in [3.8, 4) is 5.75 Å². The quantitative estimate of drug-likeness (QED) is 0.687. The molecule has 1 heterocycles. The molecular formula is C18H13F3O. The van der Waals surface area contributed by atoms with Gasteiger partial charge in [-0.15, -0.1) is 0 Å². The highest BCUT2D eigenvalue weighted by atomic mass is 19.4. The second-order valence-electron chi connectivity index (χ2n) is 5.11. The van der Waals surface area contributed by atoms with Gasteiger partial charge in [0.25, 0.3) is 0 Å². The van der Waals surface area contributed by atoms with Gasteiger partial charge in [-0.3, -0.25) is 0 Å². The maximum Gasteiger partial charge on any atom is 0.416 e. The fourth-order valence-corrected chi connectivity index (χ4v) is 2.21. The van der Waals surface area contributed by atoms with Gasteiger partial charge in [0.1, 0.15) is 11.5 Å². The van der Waals surface area contributed by atoms with E-state index in [0.29, 0.717) is 16.9 Å². The van der Waals surface area contributed by atoms with E-state index in [4.69, 9.17) is 4.74 Å². The van der Waals surface area contributed by atoms with Crippen LogP contribution in [0.4, 0.5) is 13.2 Å². The zero-order chi connectivity index (χ0) is 15.7. The number of allylic oxidation sites excluding steroid dienone is 2. The van der Waals surface area contributed by atoms with Crippen LogP contribution in [0.5, 0.6) is 5.75 Å². The third-order valence-corrected chi connectivity index (χ3v) is 3.40. The highest BCUT2D eigenvalue weighted by Crippen LogP contribution is 2.37. The topological polar surface area (TPSA) is 9.23 Å². The summed E-state index contributed by atoms with van der Waals surface area (Å²) in [6.45, 7) is 1.92. The van der Waals surface area contributed by atoms with Crippen molar-refractivity contribution in [2.24, 2.45) is 0 Å². The molecule has 22 heavy (non-hydrogen) atoms. The molecule has 0 amide bonds. The number of fused-ring (bicyclic) bond motifs is 1. The summed E-state index contributed by atoms with van der Waals surface area (Å²) < 4.78 is 45.3. The summed E-state index contributed by atoms with van der Waals surface area (Å²) >= 11 is 0. The van der Waals surface area contributed by atoms with Gasteiger partial charge in [0.05, 0.1) is 5.57 Å². The van der Waals surface area contributed by atoms with Crippen molar-refractivity contribution in [1.29, 1.82) is 0 Å². The predicted molar refractivity (Wildman–Crippen MR) is 80.3 cm³/mol. The Morgan fingerprint density at radius 1 is 0.864 bits per heavy atom. The van der Waals surface area contributed by atoms with Gasteiger partial charge in [-0.25, -0.2) is 0 Å². The van der Waals surface area contributed by atoms with Crippen molar-refractivity contribution >= 4 is 11.8 Å². The Hall–Kier alpha value is -2.49. The van der Waals surface area contributed by atoms with Crippen LogP contribution in [0.25, 0.3) is 11.8 Å². The minimum atomic E-state index is -4.43. The van der Waals surface area contributed by atoms with Gasteiger partial charge >= 0.3 is 6.18 Å². The van der Waals surface area contributed by atoms with E-state index in [2.05, 4.69) is 0 Å². The largest absolute Gasteiger partial charge is 0.456 e. The summed E-state index contributed by atoms with van der Waals surface area (Å²) in [5, 5.41) is 0. The molecule has 2 aromatic carbocycles. The standard InChI is InChI=1S/C18H13F3O/c1-12-6-8-13(9-7-12)17-11-15(18(19,20)21)10-14-4-2-3-5-16(14)22-17/h2-11H,1H3. The average Bonchev–Trinajstić information content (AvgIpc) is 2.67. The van der Waals surface area contributed by atoms with E-state index >= 15 is 0 Å². The fourth-order valence-electron chi connectivity index (χ4n) is 2.21. The molecule has 3 rings (SSSR count). The lowest BCUT2D eigenvalue weighted by Gasteiger charge is -2.11. The van der Waals surface area contributed by atoms with Crippen molar-refractivity contribution in [2.75, 3.05) is 0 Å². The molecule has 0 atom stereocenters. The molecule has 1 nitrogen and oxygen atoms in total. The van der Waals surface area contributed by atoms with Crippen LogP contribution < -0.4 is 4.74 Å². The summed E-state index contributed by atoms with van der Waals surface area (Å²) in [5.41, 5.74) is 1.32. The highest BCUT2D eigenvalue weighted by Gasteiger charge is 2.34. The molecule has 0 saturated heterocycles. The number of rotatable bonds is 1. The molecule has 0 fully saturated rings. The highest BCUT2D eigenvalue weighted by molar-refractivity contribution is 5.74. The molecule has 1 aliphatic heterocycles. The first-order valence-corrected chi connectivity index (χ1v) is 6.78. The molecular weight excluding hydrogens is 289 g/mol. The van der Waals surface area contributed by atoms with E-state index in [1.165, 1.54) is 0 Å². The monoisotopic (exact) mass is 302 g/mol. The van der Waals surface area contributed by atoms with Crippen LogP contribution in [0.3, 0.4) is 0 Å². The maximum atomic E-state index is 13.2. The lowest BCUT2D eigenvalue weighted by molar-refractivity contribution is -0.0872. The predicted octanol–water partition coefficient (Wildman–Crippen LogP) is 5.37. The average molecular weight is 302 g/mol. The zero-order valence-corrected chi connectivity index (χ0v) is 11.8. The molecule has 0 radical (unpaired) electrons. The second-order valence-corrected chi connectivity index (χ2v) is 5.11. The summed E-state index contributed by atoms with van der Waals surface area (Å²) in [5.74, 6) is 0.599. The lowest BCUT2D eigenvalue weighted by atomic mass is 10.1. The van der Waals surface area contributed by atoms with Crippen LogP contribution in [0.1, 0.15) is 16.7 Å². The van der Waals surface area contributed by atoms with Gasteiger partial charge < -0.3 is 4.74 Å². The van der Waals surface area contributed by atoms with Crippen molar-refractivity contribution in [1.82, 2.24) is 0 Å². The Labute approximate surface area is 126 Å². The van der Waals surface area contributed by atoms with Gasteiger partial charge in [0, 0.05) is 11.1 Å². The Kier molecular flexibility index (Phi) is 3.53. The Bertz CT molecular complexity index is 753. The molecule has 4 heteroatoms. The van der Waals surface area contributed by atoms with Crippen LogP contribution in [0.15, 0.2) is 60.2 Å². The Morgan fingerprint density at radius 3 is 2.23 bits per heavy atom. The summed E-state index contributed by atoms with van der Waals surface area (Å²) in [6.07, 6.45) is -2.28. The number of hydrogen-bond donors (Lipinski definition) is 0. The van der Waals surface area contributed by atoms with Crippen LogP contribution in [0, 0.1) is 6.92 Å². The molecule has 0 N–H and O–H groups in total. The van der Waals surface area contributed by atoms with E-state index < -0.39 is 11.7 Å². The molecule has 2 aromatic rings. The number of alkyl halides is 3. The first-order valence-electron chi connectivity index (χ1n) is 6.78. The van der Waals surface area contributed by atoms with Gasteiger partial charge in [-0.05, 0) is 25.1 Å². The first-order chi connectivity index (χ1) is 10.4. The normalized spacial score (nSPS) is 14.4. The van der Waals surface area contributed by atoms with Gasteiger partial charge in [-0.2, -0.15) is 13.2 Å². The fraction of sp³-hybridized carbons (Fsp3) is 0.111. The van der Waals surface area contributed by atoms with Gasteiger partial charge in [0.15, 0.2) is 0 Å². The van der Waals surface area contributed by atoms with Crippen molar-refractivity contribution < 1.29 is 17.9 Å². The van der Waals surface area contributed by atoms with E-state index in [1.807, 2.05) is 19.1 Å². The van der Waals surface area contributed by atoms with Gasteiger partial charge in [0.2, 0.25) is 0 Å². The maximum absolute atomic E-state index is 13.2. The number of aryl methyl sites for hydroxylation is 1. The number of benzene rings is 2. The van der Waals surface area contributed by atoms with E-state index in [0.717, 1.165) is 17.7 Å². The first kappa shape index (κ1) is 14.4. The summed E-state index contributed by atoms with van der Waals surface area (Å²) in [6, 6.07) is 13.9. The molecule has 0 saturated carbocycles. The minimum Gasteiger partial charge on any atom is -0.456 e. The molecule has 0 unspecified atom stereocenters. The molecule has 0 aliphatic carbocycles. The third kappa shape index (κ3) is 2.91. The van der Waals surface area contributed by atoms with Crippen molar-refractivity contribution in [3.63, 3.8) is 0 Å². The molecule has 0 bridgehead atoms. The Balaban J connectivity index is 2.13. The molecule has 0 spiro atoms. The summed E-state index contributed by atoms with van der Waals surface area (Å²) in [4.78, 5) is 0. The zero-order valence-electron chi connectivity index (χ0n) is 11.8. The lowest BCUT2D eigenvalue weighted by Crippen LogP contribution is -2.10. The number of halogens is 3. The van der Waals surface area contributed by atoms with Gasteiger partial charge in [-0.1, -0.05) is 48.0 Å². The smallest absolute Gasteiger partial charge is 0.416 e. The number of para-hydroxylation sites is 1. The number of hydrogen-bond acceptors (Lipinski definition) is 1. The van der Waals surface area contributed by atoms with E-state index in [-0.39, 0.29) is 5.76 Å². The third-order valence-electron chi connectivity index (χ3n) is 3.40. The van der Waals surface area contributed by atoms with Crippen molar-refractivity contribution in [3.05, 3.63) is 76.9 Å². The molecule has 112 valence electrons. The van der Waals surface area contributed by atoms with Crippen molar-refractivity contribution in [2.45, 2.75) is 13.1 Å².